The van der Waals surface area contributed by atoms with Gasteiger partial charge >= 0.3 is 0 Å². The summed E-state index contributed by atoms with van der Waals surface area (Å²) in [5, 5.41) is 8.39. The summed E-state index contributed by atoms with van der Waals surface area (Å²) in [6.45, 7) is 0. The van der Waals surface area contributed by atoms with Crippen LogP contribution in [-0.4, -0.2) is 20.0 Å². The van der Waals surface area contributed by atoms with Crippen LogP contribution in [0.2, 0.25) is 0 Å². The Labute approximate surface area is 128 Å². The van der Waals surface area contributed by atoms with Gasteiger partial charge < -0.3 is 4.79 Å². The van der Waals surface area contributed by atoms with Gasteiger partial charge in [0.25, 0.3) is 0 Å². The summed E-state index contributed by atoms with van der Waals surface area (Å²) in [4.78, 5) is 11.6. The third-order valence-electron chi connectivity index (χ3n) is 4.13. The lowest BCUT2D eigenvalue weighted by Crippen LogP contribution is -2.16. The summed E-state index contributed by atoms with van der Waals surface area (Å²) in [6, 6.07) is 18.7. The number of benzene rings is 2. The maximum absolute atomic E-state index is 12.8. The van der Waals surface area contributed by atoms with Crippen LogP contribution in [0, 0.1) is 16.7 Å². The summed E-state index contributed by atoms with van der Waals surface area (Å²) in [7, 11) is -3.75. The van der Waals surface area contributed by atoms with Crippen molar-refractivity contribution in [3.8, 4) is 6.07 Å². The van der Waals surface area contributed by atoms with Crippen molar-refractivity contribution < 1.29 is 13.2 Å². The van der Waals surface area contributed by atoms with Gasteiger partial charge in [-0.25, -0.2) is 8.42 Å². The first-order valence-corrected chi connectivity index (χ1v) is 8.34. The van der Waals surface area contributed by atoms with Crippen LogP contribution in [0.15, 0.2) is 65.6 Å². The summed E-state index contributed by atoms with van der Waals surface area (Å²) in [5.74, 6) is -0.624. The van der Waals surface area contributed by atoms with Crippen LogP contribution in [0.3, 0.4) is 0 Å². The van der Waals surface area contributed by atoms with Crippen molar-refractivity contribution in [2.75, 3.05) is 0 Å². The molecule has 1 aliphatic carbocycles. The number of sulfone groups is 1. The van der Waals surface area contributed by atoms with Gasteiger partial charge in [0.05, 0.1) is 11.0 Å². The molecular weight excluding hydrogens is 298 g/mol. The molecule has 2 aromatic carbocycles. The first kappa shape index (κ1) is 14.5. The molecule has 1 fully saturated rings. The number of rotatable bonds is 4. The lowest BCUT2D eigenvalue weighted by Gasteiger charge is -2.03. The fourth-order valence-electron chi connectivity index (χ4n) is 2.98. The summed E-state index contributed by atoms with van der Waals surface area (Å²) in [5.41, 5.74) is -0.809. The maximum Gasteiger partial charge on any atom is 0.183 e. The van der Waals surface area contributed by atoms with Gasteiger partial charge in [0.1, 0.15) is 17.0 Å². The van der Waals surface area contributed by atoms with Gasteiger partial charge in [0.2, 0.25) is 0 Å². The lowest BCUT2D eigenvalue weighted by molar-refractivity contribution is -0.110. The number of carbonyl (C=O) groups excluding carboxylic acids is 1. The molecule has 0 spiro atoms. The second-order valence-corrected chi connectivity index (χ2v) is 7.40. The minimum Gasteiger partial charge on any atom is -0.302 e. The van der Waals surface area contributed by atoms with E-state index in [1.165, 1.54) is 12.1 Å². The highest BCUT2D eigenvalue weighted by Gasteiger charge is 2.72. The lowest BCUT2D eigenvalue weighted by atomic mass is 10.0. The molecule has 22 heavy (non-hydrogen) atoms. The molecule has 0 N–H and O–H groups in total. The van der Waals surface area contributed by atoms with Crippen molar-refractivity contribution >= 4 is 16.1 Å². The second-order valence-electron chi connectivity index (χ2n) is 5.33. The van der Waals surface area contributed by atoms with Crippen molar-refractivity contribution in [2.45, 2.75) is 16.1 Å². The van der Waals surface area contributed by atoms with Crippen LogP contribution >= 0.6 is 0 Å². The van der Waals surface area contributed by atoms with Crippen LogP contribution in [0.4, 0.5) is 0 Å². The van der Waals surface area contributed by atoms with Crippen molar-refractivity contribution in [1.82, 2.24) is 0 Å². The molecule has 110 valence electrons. The van der Waals surface area contributed by atoms with Gasteiger partial charge in [-0.15, -0.1) is 0 Å². The molecule has 0 bridgehead atoms. The van der Waals surface area contributed by atoms with E-state index in [4.69, 9.17) is 0 Å². The minimum atomic E-state index is -3.75. The van der Waals surface area contributed by atoms with E-state index < -0.39 is 26.4 Å². The molecular formula is C17H13NO3S. The summed E-state index contributed by atoms with van der Waals surface area (Å²) >= 11 is 0. The minimum absolute atomic E-state index is 0.139. The molecule has 1 aliphatic rings. The Hall–Kier alpha value is -2.45. The first-order chi connectivity index (χ1) is 10.6. The third kappa shape index (κ3) is 1.96. The van der Waals surface area contributed by atoms with E-state index in [0.717, 1.165) is 0 Å². The summed E-state index contributed by atoms with van der Waals surface area (Å²) < 4.78 is 25.6. The Balaban J connectivity index is 2.10. The molecule has 3 rings (SSSR count). The Kier molecular flexibility index (Phi) is 3.34. The van der Waals surface area contributed by atoms with Crippen molar-refractivity contribution in [3.63, 3.8) is 0 Å². The smallest absolute Gasteiger partial charge is 0.183 e. The van der Waals surface area contributed by atoms with E-state index >= 15 is 0 Å². The largest absolute Gasteiger partial charge is 0.302 e. The number of hydrogen-bond acceptors (Lipinski definition) is 4. The van der Waals surface area contributed by atoms with Crippen LogP contribution in [0.5, 0.6) is 0 Å². The number of hydrogen-bond donors (Lipinski definition) is 0. The van der Waals surface area contributed by atoms with Gasteiger partial charge in [-0.3, -0.25) is 0 Å². The molecule has 0 unspecified atom stereocenters. The van der Waals surface area contributed by atoms with Crippen molar-refractivity contribution in [3.05, 3.63) is 66.2 Å². The van der Waals surface area contributed by atoms with E-state index in [1.54, 1.807) is 42.5 Å². The van der Waals surface area contributed by atoms with E-state index in [2.05, 4.69) is 0 Å². The highest BCUT2D eigenvalue weighted by molar-refractivity contribution is 7.92. The van der Waals surface area contributed by atoms with Gasteiger partial charge in [0, 0.05) is 5.92 Å². The van der Waals surface area contributed by atoms with Crippen LogP contribution in [-0.2, 0) is 14.6 Å². The van der Waals surface area contributed by atoms with Crippen molar-refractivity contribution in [1.29, 1.82) is 5.26 Å². The average molecular weight is 311 g/mol. The van der Waals surface area contributed by atoms with Gasteiger partial charge in [0.15, 0.2) is 9.84 Å². The van der Waals surface area contributed by atoms with E-state index in [0.29, 0.717) is 11.8 Å². The Morgan fingerprint density at radius 2 is 1.55 bits per heavy atom. The van der Waals surface area contributed by atoms with Gasteiger partial charge in [-0.2, -0.15) is 5.26 Å². The average Bonchev–Trinajstić information content (AvgIpc) is 3.27. The SMILES string of the molecule is N#C[C@@]1(C=O)[C@@H](c2ccccc2)[C@@H]1S(=O)(=O)c1ccccc1. The van der Waals surface area contributed by atoms with Crippen LogP contribution in [0.1, 0.15) is 11.5 Å². The van der Waals surface area contributed by atoms with Crippen LogP contribution < -0.4 is 0 Å². The van der Waals surface area contributed by atoms with Gasteiger partial charge in [-0.05, 0) is 17.7 Å². The number of carbonyl (C=O) groups is 1. The molecule has 0 amide bonds. The van der Waals surface area contributed by atoms with Gasteiger partial charge in [-0.1, -0.05) is 48.5 Å². The molecule has 0 aliphatic heterocycles. The topological polar surface area (TPSA) is 75.0 Å². The number of nitriles is 1. The highest BCUT2D eigenvalue weighted by Crippen LogP contribution is 2.62. The quantitative estimate of drug-likeness (QED) is 0.812. The zero-order valence-electron chi connectivity index (χ0n) is 11.6. The molecule has 4 nitrogen and oxygen atoms in total. The molecule has 1 saturated carbocycles. The van der Waals surface area contributed by atoms with Crippen LogP contribution in [0.25, 0.3) is 0 Å². The molecule has 0 heterocycles. The normalized spacial score (nSPS) is 26.9. The summed E-state index contributed by atoms with van der Waals surface area (Å²) in [6.07, 6.45) is 0.482. The van der Waals surface area contributed by atoms with E-state index in [9.17, 15) is 18.5 Å². The Bertz CT molecular complexity index is 840. The number of nitrogens with zero attached hydrogens (tertiary/aromatic N) is 1. The molecule has 0 aromatic heterocycles. The second kappa shape index (κ2) is 5.08. The molecule has 2 aromatic rings. The molecule has 3 atom stereocenters. The van der Waals surface area contributed by atoms with Crippen molar-refractivity contribution in [2.24, 2.45) is 5.41 Å². The predicted octanol–water partition coefficient (Wildman–Crippen LogP) is 2.34. The number of aldehydes is 1. The Morgan fingerprint density at radius 3 is 2.05 bits per heavy atom. The molecule has 0 saturated heterocycles. The van der Waals surface area contributed by atoms with E-state index in [1.807, 2.05) is 12.1 Å². The zero-order chi connectivity index (χ0) is 15.8. The monoisotopic (exact) mass is 311 g/mol. The predicted molar refractivity (Wildman–Crippen MR) is 80.7 cm³/mol. The first-order valence-electron chi connectivity index (χ1n) is 6.79. The Morgan fingerprint density at radius 1 is 1.00 bits per heavy atom. The molecule has 0 radical (unpaired) electrons. The third-order valence-corrected chi connectivity index (χ3v) is 6.39. The van der Waals surface area contributed by atoms with E-state index in [-0.39, 0.29) is 4.90 Å². The molecule has 5 heteroatoms. The highest BCUT2D eigenvalue weighted by atomic mass is 32.2. The fraction of sp³-hybridized carbons (Fsp3) is 0.176. The fourth-order valence-corrected chi connectivity index (χ4v) is 5.24. The zero-order valence-corrected chi connectivity index (χ0v) is 12.4. The standard InChI is InChI=1S/C17H13NO3S/c18-11-17(12-19)15(13-7-3-1-4-8-13)16(17)22(20,21)14-9-5-2-6-10-14/h1-10,12,15-16H/t15-,16-,17+/m0/s1. The maximum atomic E-state index is 12.8.